The zero-order chi connectivity index (χ0) is 28.9. The SMILES string of the molecule is C[C@@H]1CN([C@@H](C)CO)S(=O)(=O)c2ccc(C#Cc3ccccc3F)cc2O[C@@H]1CN(C)C(=O)Cc1cccnc1. The predicted molar refractivity (Wildman–Crippen MR) is 148 cm³/mol. The molecule has 10 heteroatoms. The zero-order valence-electron chi connectivity index (χ0n) is 22.6. The number of halogens is 1. The summed E-state index contributed by atoms with van der Waals surface area (Å²) >= 11 is 0. The monoisotopic (exact) mass is 565 g/mol. The molecule has 0 spiro atoms. The molecule has 8 nitrogen and oxygen atoms in total. The molecule has 0 radical (unpaired) electrons. The molecule has 3 atom stereocenters. The Balaban J connectivity index is 1.68. The van der Waals surface area contributed by atoms with Gasteiger partial charge in [0.2, 0.25) is 15.9 Å². The Labute approximate surface area is 234 Å². The number of carbonyl (C=O) groups is 1. The molecule has 4 rings (SSSR count). The highest BCUT2D eigenvalue weighted by molar-refractivity contribution is 7.89. The summed E-state index contributed by atoms with van der Waals surface area (Å²) in [7, 11) is -2.36. The molecule has 0 bridgehead atoms. The summed E-state index contributed by atoms with van der Waals surface area (Å²) in [5.74, 6) is 4.82. The van der Waals surface area contributed by atoms with Crippen LogP contribution < -0.4 is 4.74 Å². The second kappa shape index (κ2) is 12.6. The van der Waals surface area contributed by atoms with Crippen molar-refractivity contribution in [1.82, 2.24) is 14.2 Å². The number of nitrogens with zero attached hydrogens (tertiary/aromatic N) is 3. The van der Waals surface area contributed by atoms with Crippen LogP contribution in [0.4, 0.5) is 4.39 Å². The van der Waals surface area contributed by atoms with Gasteiger partial charge in [0.1, 0.15) is 22.6 Å². The standard InChI is InChI=1S/C30H32FN3O5S/c1-21-18-34(22(2)20-35)40(37,38)29-13-11-23(10-12-25-8-4-5-9-26(25)31)15-27(29)39-28(21)19-33(3)30(36)16-24-7-6-14-32-17-24/h4-9,11,13-15,17,21-22,28,35H,16,18-20H2,1-3H3/t21-,22+,28-/m1/s1. The molecule has 0 fully saturated rings. The molecule has 0 saturated heterocycles. The van der Waals surface area contributed by atoms with Crippen molar-refractivity contribution in [2.45, 2.75) is 37.3 Å². The molecule has 0 unspecified atom stereocenters. The second-order valence-corrected chi connectivity index (χ2v) is 11.8. The zero-order valence-corrected chi connectivity index (χ0v) is 23.4. The van der Waals surface area contributed by atoms with E-state index < -0.39 is 28.0 Å². The van der Waals surface area contributed by atoms with Crippen LogP contribution in [0.2, 0.25) is 0 Å². The van der Waals surface area contributed by atoms with E-state index in [2.05, 4.69) is 16.8 Å². The number of sulfonamides is 1. The minimum absolute atomic E-state index is 0.0644. The van der Waals surface area contributed by atoms with Gasteiger partial charge in [-0.2, -0.15) is 4.31 Å². The molecule has 1 amide bonds. The molecule has 1 N–H and O–H groups in total. The third-order valence-corrected chi connectivity index (χ3v) is 8.86. The lowest BCUT2D eigenvalue weighted by Crippen LogP contribution is -2.50. The Morgan fingerprint density at radius 1 is 1.23 bits per heavy atom. The fourth-order valence-corrected chi connectivity index (χ4v) is 6.23. The van der Waals surface area contributed by atoms with Crippen LogP contribution in [0.25, 0.3) is 0 Å². The van der Waals surface area contributed by atoms with E-state index in [1.54, 1.807) is 61.6 Å². The van der Waals surface area contributed by atoms with Crippen molar-refractivity contribution in [2.24, 2.45) is 5.92 Å². The highest BCUT2D eigenvalue weighted by Crippen LogP contribution is 2.34. The van der Waals surface area contributed by atoms with Gasteiger partial charge in [0.05, 0.1) is 25.1 Å². The van der Waals surface area contributed by atoms with Gasteiger partial charge in [-0.25, -0.2) is 12.8 Å². The van der Waals surface area contributed by atoms with Gasteiger partial charge in [-0.15, -0.1) is 0 Å². The number of ether oxygens (including phenoxy) is 1. The number of amides is 1. The average Bonchev–Trinajstić information content (AvgIpc) is 2.94. The van der Waals surface area contributed by atoms with Gasteiger partial charge in [-0.3, -0.25) is 9.78 Å². The van der Waals surface area contributed by atoms with Crippen LogP contribution in [0.15, 0.2) is 71.9 Å². The number of hydrogen-bond donors (Lipinski definition) is 1. The van der Waals surface area contributed by atoms with Crippen molar-refractivity contribution in [3.63, 3.8) is 0 Å². The Kier molecular flexibility index (Phi) is 9.20. The molecule has 2 heterocycles. The molecule has 1 aliphatic rings. The molecular weight excluding hydrogens is 533 g/mol. The molecular formula is C30H32FN3O5S. The Bertz CT molecular complexity index is 1520. The van der Waals surface area contributed by atoms with E-state index in [1.807, 2.05) is 13.0 Å². The second-order valence-electron chi connectivity index (χ2n) is 9.94. The first-order chi connectivity index (χ1) is 19.1. The van der Waals surface area contributed by atoms with Crippen LogP contribution in [0.1, 0.15) is 30.5 Å². The van der Waals surface area contributed by atoms with Crippen molar-refractivity contribution in [2.75, 3.05) is 26.7 Å². The van der Waals surface area contributed by atoms with Gasteiger partial charge >= 0.3 is 0 Å². The smallest absolute Gasteiger partial charge is 0.247 e. The van der Waals surface area contributed by atoms with Crippen LogP contribution in [0, 0.1) is 23.6 Å². The Morgan fingerprint density at radius 2 is 2.00 bits per heavy atom. The molecule has 210 valence electrons. The summed E-state index contributed by atoms with van der Waals surface area (Å²) in [6.45, 7) is 3.42. The Hall–Kier alpha value is -3.78. The van der Waals surface area contributed by atoms with E-state index in [1.165, 1.54) is 22.5 Å². The lowest BCUT2D eigenvalue weighted by atomic mass is 10.0. The van der Waals surface area contributed by atoms with Crippen LogP contribution in [0.5, 0.6) is 5.75 Å². The number of aliphatic hydroxyl groups excluding tert-OH is 1. The summed E-state index contributed by atoms with van der Waals surface area (Å²) < 4.78 is 49.0. The van der Waals surface area contributed by atoms with E-state index in [0.717, 1.165) is 5.56 Å². The summed E-state index contributed by atoms with van der Waals surface area (Å²) in [6, 6.07) is 13.5. The van der Waals surface area contributed by atoms with Crippen molar-refractivity contribution in [1.29, 1.82) is 0 Å². The highest BCUT2D eigenvalue weighted by Gasteiger charge is 2.38. The largest absolute Gasteiger partial charge is 0.487 e. The Morgan fingerprint density at radius 3 is 2.70 bits per heavy atom. The van der Waals surface area contributed by atoms with E-state index in [-0.39, 0.29) is 54.2 Å². The van der Waals surface area contributed by atoms with Gasteiger partial charge in [0.15, 0.2) is 0 Å². The number of rotatable bonds is 6. The number of benzene rings is 2. The van der Waals surface area contributed by atoms with Crippen molar-refractivity contribution in [3.05, 3.63) is 89.5 Å². The number of likely N-dealkylation sites (N-methyl/N-ethyl adjacent to an activating group) is 1. The quantitative estimate of drug-likeness (QED) is 0.461. The topological polar surface area (TPSA) is 100 Å². The first-order valence-corrected chi connectivity index (χ1v) is 14.4. The van der Waals surface area contributed by atoms with Crippen LogP contribution >= 0.6 is 0 Å². The maximum Gasteiger partial charge on any atom is 0.247 e. The fraction of sp³-hybridized carbons (Fsp3) is 0.333. The number of fused-ring (bicyclic) bond motifs is 1. The molecule has 0 saturated carbocycles. The highest BCUT2D eigenvalue weighted by atomic mass is 32.2. The predicted octanol–water partition coefficient (Wildman–Crippen LogP) is 3.09. The minimum atomic E-state index is -4.03. The average molecular weight is 566 g/mol. The number of aliphatic hydroxyl groups is 1. The molecule has 40 heavy (non-hydrogen) atoms. The maximum atomic E-state index is 14.1. The third-order valence-electron chi connectivity index (χ3n) is 6.84. The summed E-state index contributed by atoms with van der Waals surface area (Å²) in [5.41, 5.74) is 1.43. The summed E-state index contributed by atoms with van der Waals surface area (Å²) in [4.78, 5) is 18.5. The van der Waals surface area contributed by atoms with E-state index in [9.17, 15) is 22.7 Å². The lowest BCUT2D eigenvalue weighted by Gasteiger charge is -2.37. The van der Waals surface area contributed by atoms with Crippen molar-refractivity contribution < 1.29 is 27.4 Å². The summed E-state index contributed by atoms with van der Waals surface area (Å²) in [5, 5.41) is 9.84. The molecule has 1 aliphatic heterocycles. The molecule has 2 aromatic carbocycles. The number of carbonyl (C=O) groups excluding carboxylic acids is 1. The normalized spacial score (nSPS) is 19.1. The lowest BCUT2D eigenvalue weighted by molar-refractivity contribution is -0.130. The van der Waals surface area contributed by atoms with Gasteiger partial charge < -0.3 is 14.7 Å². The maximum absolute atomic E-state index is 14.1. The van der Waals surface area contributed by atoms with E-state index >= 15 is 0 Å². The first kappa shape index (κ1) is 29.2. The molecule has 0 aliphatic carbocycles. The number of hydrogen-bond acceptors (Lipinski definition) is 6. The van der Waals surface area contributed by atoms with Crippen molar-refractivity contribution >= 4 is 15.9 Å². The summed E-state index contributed by atoms with van der Waals surface area (Å²) in [6.07, 6.45) is 2.88. The first-order valence-electron chi connectivity index (χ1n) is 12.9. The number of pyridine rings is 1. The van der Waals surface area contributed by atoms with Gasteiger partial charge in [0, 0.05) is 43.5 Å². The van der Waals surface area contributed by atoms with Crippen LogP contribution in [-0.4, -0.2) is 72.5 Å². The van der Waals surface area contributed by atoms with Crippen LogP contribution in [0.3, 0.4) is 0 Å². The van der Waals surface area contributed by atoms with E-state index in [0.29, 0.717) is 5.56 Å². The van der Waals surface area contributed by atoms with Crippen LogP contribution in [-0.2, 0) is 21.2 Å². The van der Waals surface area contributed by atoms with Crippen molar-refractivity contribution in [3.8, 4) is 17.6 Å². The van der Waals surface area contributed by atoms with Gasteiger partial charge in [-0.1, -0.05) is 37.0 Å². The molecule has 3 aromatic rings. The van der Waals surface area contributed by atoms with Gasteiger partial charge in [0.25, 0.3) is 0 Å². The third kappa shape index (κ3) is 6.67. The van der Waals surface area contributed by atoms with E-state index in [4.69, 9.17) is 4.74 Å². The van der Waals surface area contributed by atoms with Gasteiger partial charge in [-0.05, 0) is 48.9 Å². The molecule has 1 aromatic heterocycles. The minimum Gasteiger partial charge on any atom is -0.487 e. The fourth-order valence-electron chi connectivity index (χ4n) is 4.41. The number of aromatic nitrogens is 1.